The van der Waals surface area contributed by atoms with Crippen LogP contribution in [-0.2, 0) is 16.0 Å². The number of carbonyl (C=O) groups is 2. The van der Waals surface area contributed by atoms with Gasteiger partial charge in [-0.2, -0.15) is 0 Å². The number of amides is 2. The summed E-state index contributed by atoms with van der Waals surface area (Å²) in [6, 6.07) is 8.67. The van der Waals surface area contributed by atoms with Crippen LogP contribution in [0.15, 0.2) is 35.1 Å². The Kier molecular flexibility index (Phi) is 4.64. The van der Waals surface area contributed by atoms with Gasteiger partial charge in [0.1, 0.15) is 6.04 Å². The Morgan fingerprint density at radius 3 is 2.88 bits per heavy atom. The van der Waals surface area contributed by atoms with Gasteiger partial charge in [-0.3, -0.25) is 14.4 Å². The van der Waals surface area contributed by atoms with Crippen LogP contribution in [0.1, 0.15) is 25.5 Å². The number of nitrogens with one attached hydrogen (secondary N) is 2. The van der Waals surface area contributed by atoms with E-state index in [1.807, 2.05) is 31.2 Å². The lowest BCUT2D eigenvalue weighted by Gasteiger charge is -2.27. The number of pyridine rings is 1. The lowest BCUT2D eigenvalue weighted by atomic mass is 10.1. The molecule has 6 heteroatoms. The number of carbonyl (C=O) groups excluding carboxylic acids is 2. The molecule has 1 atom stereocenters. The van der Waals surface area contributed by atoms with Crippen molar-refractivity contribution in [3.63, 3.8) is 0 Å². The Bertz CT molecular complexity index is 828. The predicted molar refractivity (Wildman–Crippen MR) is 91.7 cm³/mol. The molecular formula is C18H21N3O3. The molecule has 1 aliphatic rings. The van der Waals surface area contributed by atoms with E-state index in [1.165, 1.54) is 0 Å². The van der Waals surface area contributed by atoms with Gasteiger partial charge in [-0.1, -0.05) is 25.1 Å². The summed E-state index contributed by atoms with van der Waals surface area (Å²) in [5.74, 6) is -0.236. The third-order valence-corrected chi connectivity index (χ3v) is 4.41. The topological polar surface area (TPSA) is 82.3 Å². The predicted octanol–water partition coefficient (Wildman–Crippen LogP) is 1.20. The summed E-state index contributed by atoms with van der Waals surface area (Å²) in [4.78, 5) is 41.3. The maximum atomic E-state index is 12.7. The summed E-state index contributed by atoms with van der Waals surface area (Å²) < 4.78 is 0. The molecule has 1 saturated heterocycles. The van der Waals surface area contributed by atoms with Gasteiger partial charge in [-0.25, -0.2) is 0 Å². The molecule has 1 aliphatic heterocycles. The van der Waals surface area contributed by atoms with E-state index < -0.39 is 6.04 Å². The third kappa shape index (κ3) is 3.18. The van der Waals surface area contributed by atoms with Crippen molar-refractivity contribution in [1.29, 1.82) is 0 Å². The Labute approximate surface area is 139 Å². The number of hydrogen-bond acceptors (Lipinski definition) is 3. The zero-order valence-corrected chi connectivity index (χ0v) is 13.7. The first-order valence-electron chi connectivity index (χ1n) is 8.28. The number of aromatic amines is 1. The molecule has 1 aromatic carbocycles. The highest BCUT2D eigenvalue weighted by Crippen LogP contribution is 2.14. The minimum Gasteiger partial charge on any atom is -0.354 e. The van der Waals surface area contributed by atoms with Crippen LogP contribution in [0.4, 0.5) is 0 Å². The number of nitrogens with zero attached hydrogens (tertiary/aromatic N) is 1. The van der Waals surface area contributed by atoms with Crippen molar-refractivity contribution in [2.24, 2.45) is 0 Å². The van der Waals surface area contributed by atoms with E-state index in [-0.39, 0.29) is 23.8 Å². The van der Waals surface area contributed by atoms with E-state index in [4.69, 9.17) is 0 Å². The first-order chi connectivity index (χ1) is 11.6. The molecule has 0 unspecified atom stereocenters. The molecule has 6 nitrogen and oxygen atoms in total. The number of hydrogen-bond donors (Lipinski definition) is 2. The van der Waals surface area contributed by atoms with Crippen LogP contribution in [0.25, 0.3) is 10.8 Å². The first-order valence-corrected chi connectivity index (χ1v) is 8.28. The van der Waals surface area contributed by atoms with E-state index >= 15 is 0 Å². The number of benzene rings is 1. The lowest BCUT2D eigenvalue weighted by molar-refractivity contribution is -0.139. The van der Waals surface area contributed by atoms with Gasteiger partial charge in [0.2, 0.25) is 11.8 Å². The Hall–Kier alpha value is -2.63. The molecule has 2 aromatic rings. The van der Waals surface area contributed by atoms with Crippen molar-refractivity contribution in [2.75, 3.05) is 13.1 Å². The summed E-state index contributed by atoms with van der Waals surface area (Å²) in [7, 11) is 0. The van der Waals surface area contributed by atoms with Crippen molar-refractivity contribution in [3.8, 4) is 0 Å². The Balaban J connectivity index is 1.86. The molecule has 2 N–H and O–H groups in total. The molecule has 2 heterocycles. The van der Waals surface area contributed by atoms with E-state index in [2.05, 4.69) is 10.3 Å². The van der Waals surface area contributed by atoms with Gasteiger partial charge in [0, 0.05) is 24.2 Å². The minimum atomic E-state index is -0.438. The molecule has 1 aromatic heterocycles. The average molecular weight is 327 g/mol. The summed E-state index contributed by atoms with van der Waals surface area (Å²) in [5.41, 5.74) is 0.375. The van der Waals surface area contributed by atoms with E-state index in [9.17, 15) is 14.4 Å². The monoisotopic (exact) mass is 327 g/mol. The van der Waals surface area contributed by atoms with Crippen molar-refractivity contribution in [3.05, 3.63) is 46.4 Å². The van der Waals surface area contributed by atoms with Crippen LogP contribution in [0.2, 0.25) is 0 Å². The SMILES string of the molecule is CC[C@H]1C(=O)NCCCN1C(=O)Cc1cc2ccccc2c(=O)[nH]1. The number of rotatable bonds is 3. The lowest BCUT2D eigenvalue weighted by Crippen LogP contribution is -2.47. The molecule has 0 aliphatic carbocycles. The molecule has 3 rings (SSSR count). The highest BCUT2D eigenvalue weighted by Gasteiger charge is 2.30. The number of H-pyrrole nitrogens is 1. The van der Waals surface area contributed by atoms with Crippen LogP contribution in [0, 0.1) is 0 Å². The van der Waals surface area contributed by atoms with Crippen LogP contribution in [0.5, 0.6) is 0 Å². The zero-order valence-electron chi connectivity index (χ0n) is 13.7. The van der Waals surface area contributed by atoms with Gasteiger partial charge in [-0.15, -0.1) is 0 Å². The van der Waals surface area contributed by atoms with Crippen molar-refractivity contribution in [1.82, 2.24) is 15.2 Å². The summed E-state index contributed by atoms with van der Waals surface area (Å²) in [5, 5.41) is 4.25. The highest BCUT2D eigenvalue weighted by atomic mass is 16.2. The maximum Gasteiger partial charge on any atom is 0.256 e. The molecule has 2 amide bonds. The average Bonchev–Trinajstić information content (AvgIpc) is 2.76. The standard InChI is InChI=1S/C18H21N3O3/c1-2-15-18(24)19-8-5-9-21(15)16(22)11-13-10-12-6-3-4-7-14(12)17(23)20-13/h3-4,6-7,10,15H,2,5,8-9,11H2,1H3,(H,19,24)(H,20,23)/t15-/m0/s1. The molecular weight excluding hydrogens is 306 g/mol. The molecule has 126 valence electrons. The normalized spacial score (nSPS) is 18.3. The molecule has 0 bridgehead atoms. The van der Waals surface area contributed by atoms with Gasteiger partial charge in [0.15, 0.2) is 0 Å². The molecule has 24 heavy (non-hydrogen) atoms. The third-order valence-electron chi connectivity index (χ3n) is 4.41. The van der Waals surface area contributed by atoms with Gasteiger partial charge < -0.3 is 15.2 Å². The summed E-state index contributed by atoms with van der Waals surface area (Å²) in [6.45, 7) is 3.04. The van der Waals surface area contributed by atoms with Gasteiger partial charge in [0.05, 0.1) is 6.42 Å². The van der Waals surface area contributed by atoms with E-state index in [0.29, 0.717) is 30.6 Å². The van der Waals surface area contributed by atoms with Crippen molar-refractivity contribution in [2.45, 2.75) is 32.2 Å². The van der Waals surface area contributed by atoms with Crippen LogP contribution < -0.4 is 10.9 Å². The van der Waals surface area contributed by atoms with Crippen molar-refractivity contribution >= 4 is 22.6 Å². The van der Waals surface area contributed by atoms with Crippen molar-refractivity contribution < 1.29 is 9.59 Å². The van der Waals surface area contributed by atoms with E-state index in [1.54, 1.807) is 11.0 Å². The first kappa shape index (κ1) is 16.2. The summed E-state index contributed by atoms with van der Waals surface area (Å²) >= 11 is 0. The fourth-order valence-corrected chi connectivity index (χ4v) is 3.21. The molecule has 0 spiro atoms. The summed E-state index contributed by atoms with van der Waals surface area (Å²) in [6.07, 6.45) is 1.40. The second-order valence-electron chi connectivity index (χ2n) is 6.04. The highest BCUT2D eigenvalue weighted by molar-refractivity contribution is 5.89. The number of fused-ring (bicyclic) bond motifs is 1. The second-order valence-corrected chi connectivity index (χ2v) is 6.04. The van der Waals surface area contributed by atoms with Gasteiger partial charge in [-0.05, 0) is 30.4 Å². The van der Waals surface area contributed by atoms with Crippen LogP contribution in [-0.4, -0.2) is 40.8 Å². The fraction of sp³-hybridized carbons (Fsp3) is 0.389. The van der Waals surface area contributed by atoms with Crippen LogP contribution in [0.3, 0.4) is 0 Å². The fourth-order valence-electron chi connectivity index (χ4n) is 3.21. The molecule has 0 radical (unpaired) electrons. The van der Waals surface area contributed by atoms with Crippen LogP contribution >= 0.6 is 0 Å². The maximum absolute atomic E-state index is 12.7. The largest absolute Gasteiger partial charge is 0.354 e. The molecule has 1 fully saturated rings. The minimum absolute atomic E-state index is 0.0872. The van der Waals surface area contributed by atoms with Gasteiger partial charge in [0.25, 0.3) is 5.56 Å². The van der Waals surface area contributed by atoms with Gasteiger partial charge >= 0.3 is 0 Å². The number of aromatic nitrogens is 1. The van der Waals surface area contributed by atoms with E-state index in [0.717, 1.165) is 11.8 Å². The molecule has 0 saturated carbocycles. The Morgan fingerprint density at radius 2 is 2.08 bits per heavy atom. The smallest absolute Gasteiger partial charge is 0.256 e. The Morgan fingerprint density at radius 1 is 1.29 bits per heavy atom. The zero-order chi connectivity index (χ0) is 17.1. The quantitative estimate of drug-likeness (QED) is 0.888. The second kappa shape index (κ2) is 6.86.